The number of amides is 13. The number of thioether (sulfide) groups is 1. The summed E-state index contributed by atoms with van der Waals surface area (Å²) in [4.78, 5) is 185. The van der Waals surface area contributed by atoms with E-state index in [2.05, 4.69) is 47.5 Å². The lowest BCUT2D eigenvalue weighted by atomic mass is 10.0. The molecule has 0 bridgehead atoms. The van der Waals surface area contributed by atoms with Crippen molar-refractivity contribution in [1.82, 2.24) is 52.3 Å². The third-order valence-corrected chi connectivity index (χ3v) is 16.7. The molecule has 2 heterocycles. The van der Waals surface area contributed by atoms with Crippen LogP contribution < -0.4 is 82.7 Å². The van der Waals surface area contributed by atoms with E-state index in [1.54, 1.807) is 60.7 Å². The zero-order valence-electron chi connectivity index (χ0n) is 54.5. The van der Waals surface area contributed by atoms with Gasteiger partial charge < -0.3 is 92.5 Å². The SMILES string of the molecule is CSCC[C@H](NC(=O)[C@H](CC(C)C)NC(=O)CNC(=O)[C@H](Cc1ccccc1)NC(=O)[C@H](Cc1ccccc1)NC(=O)[C@H](CCC(N)=O)NC(=O)[C@H](CCC(N)=O)NC(=O)[C@@H]1CCCN1C(=O)[C@@H](CCCCN)NC(=O)[C@@H]1CCCN1C(=O)[C@H](N)CCCN=C(N)N)C(N)=O. The molecule has 0 unspecified atom stereocenters. The van der Waals surface area contributed by atoms with Gasteiger partial charge >= 0.3 is 0 Å². The zero-order chi connectivity index (χ0) is 70.1. The van der Waals surface area contributed by atoms with E-state index < -0.39 is 169 Å². The monoisotopic (exact) mass is 1350 g/mol. The van der Waals surface area contributed by atoms with Crippen molar-refractivity contribution < 1.29 is 62.3 Å². The van der Waals surface area contributed by atoms with Crippen molar-refractivity contribution in [3.05, 3.63) is 71.8 Å². The van der Waals surface area contributed by atoms with Crippen molar-refractivity contribution in [3.8, 4) is 0 Å². The number of hydrogen-bond donors (Lipinski definition) is 15. The number of rotatable bonds is 42. The van der Waals surface area contributed by atoms with Crippen molar-refractivity contribution in [3.63, 3.8) is 0 Å². The normalized spacial score (nSPS) is 16.8. The highest BCUT2D eigenvalue weighted by atomic mass is 32.2. The maximum absolute atomic E-state index is 14.7. The summed E-state index contributed by atoms with van der Waals surface area (Å²) < 4.78 is 0. The average molecular weight is 1350 g/mol. The second kappa shape index (κ2) is 41.0. The molecule has 10 atom stereocenters. The second-order valence-corrected chi connectivity index (χ2v) is 25.1. The number of hydrogen-bond acceptors (Lipinski definition) is 17. The lowest BCUT2D eigenvalue weighted by Crippen LogP contribution is -2.60. The van der Waals surface area contributed by atoms with Gasteiger partial charge in [0.05, 0.1) is 12.6 Å². The summed E-state index contributed by atoms with van der Waals surface area (Å²) >= 11 is 1.45. The number of primary amides is 3. The Labute approximate surface area is 558 Å². The molecule has 2 fully saturated rings. The van der Waals surface area contributed by atoms with Crippen LogP contribution in [0.3, 0.4) is 0 Å². The maximum Gasteiger partial charge on any atom is 0.245 e. The van der Waals surface area contributed by atoms with Crippen LogP contribution in [0, 0.1) is 5.92 Å². The molecule has 2 aliphatic rings. The number of aliphatic imine (C=N–C) groups is 1. The van der Waals surface area contributed by atoms with Crippen LogP contribution in [0.15, 0.2) is 65.7 Å². The molecule has 0 aliphatic carbocycles. The van der Waals surface area contributed by atoms with Crippen LogP contribution in [-0.2, 0) is 75.2 Å². The number of benzene rings is 2. The summed E-state index contributed by atoms with van der Waals surface area (Å²) in [6, 6.07) is 4.51. The Balaban J connectivity index is 1.56. The summed E-state index contributed by atoms with van der Waals surface area (Å²) in [5.74, 6) is -9.80. The fourth-order valence-corrected chi connectivity index (χ4v) is 11.5. The number of unbranched alkanes of at least 4 members (excludes halogenated alkanes) is 1. The fourth-order valence-electron chi connectivity index (χ4n) is 11.0. The summed E-state index contributed by atoms with van der Waals surface area (Å²) in [6.45, 7) is 3.86. The molecule has 524 valence electrons. The van der Waals surface area contributed by atoms with E-state index >= 15 is 0 Å². The third-order valence-electron chi connectivity index (χ3n) is 16.0. The van der Waals surface area contributed by atoms with Gasteiger partial charge in [-0.25, -0.2) is 0 Å². The van der Waals surface area contributed by atoms with Crippen LogP contribution in [-0.4, -0.2) is 198 Å². The molecule has 4 rings (SSSR count). The Morgan fingerprint density at radius 3 is 1.51 bits per heavy atom. The zero-order valence-corrected chi connectivity index (χ0v) is 55.3. The first-order valence-electron chi connectivity index (χ1n) is 32.2. The number of nitrogens with two attached hydrogens (primary N) is 7. The largest absolute Gasteiger partial charge is 0.370 e. The van der Waals surface area contributed by atoms with E-state index in [4.69, 9.17) is 40.1 Å². The van der Waals surface area contributed by atoms with E-state index in [1.165, 1.54) is 21.6 Å². The summed E-state index contributed by atoms with van der Waals surface area (Å²) in [5.41, 5.74) is 40.6. The minimum Gasteiger partial charge on any atom is -0.370 e. The van der Waals surface area contributed by atoms with Crippen LogP contribution in [0.2, 0.25) is 0 Å². The number of carbonyl (C=O) groups excluding carboxylic acids is 13. The van der Waals surface area contributed by atoms with E-state index in [0.717, 1.165) is 0 Å². The highest BCUT2D eigenvalue weighted by molar-refractivity contribution is 7.98. The van der Waals surface area contributed by atoms with E-state index in [0.29, 0.717) is 55.4 Å². The average Bonchev–Trinajstić information content (AvgIpc) is 1.74. The predicted molar refractivity (Wildman–Crippen MR) is 356 cm³/mol. The molecule has 22 N–H and O–H groups in total. The number of nitrogens with one attached hydrogen (secondary N) is 8. The minimum atomic E-state index is -1.64. The van der Waals surface area contributed by atoms with Crippen LogP contribution >= 0.6 is 11.8 Å². The smallest absolute Gasteiger partial charge is 0.245 e. The highest BCUT2D eigenvalue weighted by Gasteiger charge is 2.42. The van der Waals surface area contributed by atoms with Gasteiger partial charge in [0.1, 0.15) is 54.4 Å². The molecule has 2 aromatic carbocycles. The molecule has 0 saturated carbocycles. The van der Waals surface area contributed by atoms with Crippen molar-refractivity contribution in [2.24, 2.45) is 51.0 Å². The summed E-state index contributed by atoms with van der Waals surface area (Å²) in [6.07, 6.45) is 3.12. The number of nitrogens with zero attached hydrogens (tertiary/aromatic N) is 3. The molecule has 0 radical (unpaired) electrons. The Morgan fingerprint density at radius 1 is 0.537 bits per heavy atom. The first-order chi connectivity index (χ1) is 45.2. The van der Waals surface area contributed by atoms with Crippen molar-refractivity contribution in [2.75, 3.05) is 44.7 Å². The Morgan fingerprint density at radius 2 is 1.01 bits per heavy atom. The Bertz CT molecular complexity index is 2960. The van der Waals surface area contributed by atoms with Crippen LogP contribution in [0.4, 0.5) is 0 Å². The molecule has 0 spiro atoms. The topological polar surface area (TPSA) is 519 Å². The van der Waals surface area contributed by atoms with E-state index in [-0.39, 0.29) is 83.0 Å². The molecule has 31 nitrogen and oxygen atoms in total. The lowest BCUT2D eigenvalue weighted by Gasteiger charge is -2.32. The maximum atomic E-state index is 14.7. The lowest BCUT2D eigenvalue weighted by molar-refractivity contribution is -0.144. The molecule has 2 aliphatic heterocycles. The van der Waals surface area contributed by atoms with Crippen molar-refractivity contribution >= 4 is 94.5 Å². The van der Waals surface area contributed by atoms with Gasteiger partial charge in [-0.3, -0.25) is 67.3 Å². The number of likely N-dealkylation sites (tertiary alicyclic amines) is 2. The Kier molecular flexibility index (Phi) is 33.9. The van der Waals surface area contributed by atoms with E-state index in [1.807, 2.05) is 20.1 Å². The molecule has 2 aromatic rings. The first kappa shape index (κ1) is 78.5. The summed E-state index contributed by atoms with van der Waals surface area (Å²) in [5, 5.41) is 21.1. The second-order valence-electron chi connectivity index (χ2n) is 24.1. The van der Waals surface area contributed by atoms with Gasteiger partial charge in [0.15, 0.2) is 5.96 Å². The first-order valence-corrected chi connectivity index (χ1v) is 33.6. The Hall–Kier alpha value is -8.91. The van der Waals surface area contributed by atoms with Crippen LogP contribution in [0.25, 0.3) is 0 Å². The molecule has 95 heavy (non-hydrogen) atoms. The standard InChI is InChI=1S/C63H98N18O13S/c1-37(2)33-45(57(89)74-41(53(68)85)27-32-95-3)73-52(84)36-72-54(86)46(34-38-15-6-4-7-16-38)78-58(90)47(35-39-17-8-5-9-18-39)79-56(88)42(23-25-50(66)82)75-55(87)43(24-26-51(67)83)76-59(91)49-22-14-31-81(49)62(94)44(20-10-11-28-64)77-60(92)48-21-13-30-80(48)61(93)40(65)19-12-29-71-63(69)70/h4-9,15-18,37,40-49H,10-14,19-36,64-65H2,1-3H3,(H2,66,82)(H2,67,83)(H2,68,85)(H,72,86)(H,73,84)(H,74,89)(H,75,87)(H,76,91)(H,77,92)(H,78,90)(H,79,88)(H4,69,70,71)/t40-,41+,42+,43+,44-,45+,46+,47+,48+,49+/m1/s1. The number of carbonyl (C=O) groups is 13. The predicted octanol–water partition coefficient (Wildman–Crippen LogP) is -3.71. The highest BCUT2D eigenvalue weighted by Crippen LogP contribution is 2.24. The number of guanidine groups is 1. The van der Waals surface area contributed by atoms with Gasteiger partial charge in [0.25, 0.3) is 0 Å². The minimum absolute atomic E-state index is 0.0736. The quantitative estimate of drug-likeness (QED) is 0.0173. The molecular weight excluding hydrogens is 1250 g/mol. The summed E-state index contributed by atoms with van der Waals surface area (Å²) in [7, 11) is 0. The molecule has 0 aromatic heterocycles. The van der Waals surface area contributed by atoms with Gasteiger partial charge in [0.2, 0.25) is 76.8 Å². The van der Waals surface area contributed by atoms with Crippen molar-refractivity contribution in [1.29, 1.82) is 0 Å². The third kappa shape index (κ3) is 27.5. The van der Waals surface area contributed by atoms with Crippen LogP contribution in [0.5, 0.6) is 0 Å². The molecule has 2 saturated heterocycles. The van der Waals surface area contributed by atoms with Gasteiger partial charge in [-0.2, -0.15) is 11.8 Å². The molecular formula is C63H98N18O13S. The molecule has 13 amide bonds. The van der Waals surface area contributed by atoms with Gasteiger partial charge in [-0.15, -0.1) is 0 Å². The van der Waals surface area contributed by atoms with Gasteiger partial charge in [0, 0.05) is 45.3 Å². The molecule has 32 heteroatoms. The van der Waals surface area contributed by atoms with E-state index in [9.17, 15) is 62.3 Å². The van der Waals surface area contributed by atoms with Gasteiger partial charge in [-0.05, 0) is 119 Å². The fraction of sp³-hybridized carbons (Fsp3) is 0.587. The van der Waals surface area contributed by atoms with Gasteiger partial charge in [-0.1, -0.05) is 74.5 Å². The van der Waals surface area contributed by atoms with Crippen LogP contribution in [0.1, 0.15) is 121 Å². The van der Waals surface area contributed by atoms with Crippen molar-refractivity contribution in [2.45, 2.75) is 183 Å².